The molecule has 0 bridgehead atoms. The van der Waals surface area contributed by atoms with Gasteiger partial charge >= 0.3 is 12.1 Å². The maximum Gasteiger partial charge on any atom is 0.543 e. The molecule has 6 nitrogen and oxygen atoms in total. The van der Waals surface area contributed by atoms with Crippen molar-refractivity contribution in [1.29, 1.82) is 0 Å². The molecule has 0 heterocycles. The Labute approximate surface area is 148 Å². The van der Waals surface area contributed by atoms with Crippen molar-refractivity contribution in [2.75, 3.05) is 0 Å². The number of aryl methyl sites for hydroxylation is 1. The standard InChI is InChI=1S/C19H26O6/c1-4-5-15-7-9-16(10-8-15)18(20)23-25-24-19(21)22-17-11-6-13(2)12-14(17)3/h7-10,13-14,17H,4-6,11-12H2,1-3H3. The molecule has 1 aliphatic carbocycles. The Morgan fingerprint density at radius 2 is 1.80 bits per heavy atom. The molecule has 0 aliphatic heterocycles. The van der Waals surface area contributed by atoms with E-state index in [9.17, 15) is 9.59 Å². The molecule has 0 radical (unpaired) electrons. The molecule has 1 saturated carbocycles. The number of rotatable bonds is 6. The first kappa shape index (κ1) is 19.2. The van der Waals surface area contributed by atoms with Crippen LogP contribution >= 0.6 is 0 Å². The molecular formula is C19H26O6. The van der Waals surface area contributed by atoms with E-state index in [1.54, 1.807) is 12.1 Å². The monoisotopic (exact) mass is 350 g/mol. The SMILES string of the molecule is CCCc1ccc(C(=O)OOOC(=O)OC2CCC(C)CC2C)cc1. The highest BCUT2D eigenvalue weighted by molar-refractivity contribution is 5.88. The van der Waals surface area contributed by atoms with E-state index in [-0.39, 0.29) is 12.0 Å². The number of carbonyl (C=O) groups excluding carboxylic acids is 2. The van der Waals surface area contributed by atoms with Crippen LogP contribution in [-0.4, -0.2) is 18.2 Å². The first-order valence-corrected chi connectivity index (χ1v) is 8.84. The van der Waals surface area contributed by atoms with Crippen molar-refractivity contribution >= 4 is 12.1 Å². The minimum absolute atomic E-state index is 0.200. The Bertz CT molecular complexity index is 568. The number of hydrogen-bond donors (Lipinski definition) is 0. The molecule has 1 aromatic rings. The lowest BCUT2D eigenvalue weighted by Crippen LogP contribution is -2.31. The quantitative estimate of drug-likeness (QED) is 0.423. The van der Waals surface area contributed by atoms with E-state index in [1.165, 1.54) is 0 Å². The highest BCUT2D eigenvalue weighted by Gasteiger charge is 2.29. The van der Waals surface area contributed by atoms with Crippen LogP contribution in [0.1, 0.15) is 62.4 Å². The van der Waals surface area contributed by atoms with Crippen molar-refractivity contribution in [3.05, 3.63) is 35.4 Å². The topological polar surface area (TPSA) is 71.1 Å². The van der Waals surface area contributed by atoms with Gasteiger partial charge in [-0.2, -0.15) is 0 Å². The predicted octanol–water partition coefficient (Wildman–Crippen LogP) is 4.62. The summed E-state index contributed by atoms with van der Waals surface area (Å²) in [5.74, 6) is 0.156. The van der Waals surface area contributed by atoms with Crippen molar-refractivity contribution in [2.45, 2.75) is 59.0 Å². The Morgan fingerprint density at radius 3 is 2.44 bits per heavy atom. The largest absolute Gasteiger partial charge is 0.543 e. The van der Waals surface area contributed by atoms with Gasteiger partial charge in [0.25, 0.3) is 0 Å². The molecule has 1 aromatic carbocycles. The second kappa shape index (κ2) is 9.42. The molecule has 2 rings (SSSR count). The summed E-state index contributed by atoms with van der Waals surface area (Å²) in [6.45, 7) is 6.31. The minimum atomic E-state index is -1.00. The van der Waals surface area contributed by atoms with Gasteiger partial charge < -0.3 is 4.74 Å². The van der Waals surface area contributed by atoms with Gasteiger partial charge in [-0.3, -0.25) is 4.89 Å². The molecule has 0 N–H and O–H groups in total. The van der Waals surface area contributed by atoms with Gasteiger partial charge in [0.2, 0.25) is 0 Å². The van der Waals surface area contributed by atoms with Crippen molar-refractivity contribution < 1.29 is 29.1 Å². The van der Waals surface area contributed by atoms with Crippen LogP contribution in [0.25, 0.3) is 0 Å². The Kier molecular flexibility index (Phi) is 7.25. The molecule has 0 spiro atoms. The third-order valence-electron chi connectivity index (χ3n) is 4.54. The van der Waals surface area contributed by atoms with Crippen LogP contribution in [0.3, 0.4) is 0 Å². The zero-order valence-corrected chi connectivity index (χ0v) is 15.0. The smallest absolute Gasteiger partial charge is 0.429 e. The Balaban J connectivity index is 1.70. The van der Waals surface area contributed by atoms with E-state index in [2.05, 4.69) is 28.7 Å². The average Bonchev–Trinajstić information content (AvgIpc) is 2.58. The van der Waals surface area contributed by atoms with Crippen molar-refractivity contribution in [3.8, 4) is 0 Å². The molecule has 3 atom stereocenters. The highest BCUT2D eigenvalue weighted by atomic mass is 17.5. The summed E-state index contributed by atoms with van der Waals surface area (Å²) in [6, 6.07) is 6.97. The normalized spacial score (nSPS) is 22.9. The van der Waals surface area contributed by atoms with E-state index in [4.69, 9.17) is 4.74 Å². The first-order chi connectivity index (χ1) is 12.0. The molecule has 0 aromatic heterocycles. The minimum Gasteiger partial charge on any atom is -0.429 e. The molecular weight excluding hydrogens is 324 g/mol. The van der Waals surface area contributed by atoms with Gasteiger partial charge in [-0.1, -0.05) is 39.3 Å². The van der Waals surface area contributed by atoms with E-state index in [0.717, 1.165) is 37.7 Å². The van der Waals surface area contributed by atoms with E-state index < -0.39 is 12.1 Å². The van der Waals surface area contributed by atoms with Gasteiger partial charge in [0.15, 0.2) is 0 Å². The van der Waals surface area contributed by atoms with E-state index in [1.807, 2.05) is 19.1 Å². The first-order valence-electron chi connectivity index (χ1n) is 8.84. The van der Waals surface area contributed by atoms with Crippen LogP contribution in [0.2, 0.25) is 0 Å². The maximum absolute atomic E-state index is 11.8. The Morgan fingerprint density at radius 1 is 1.08 bits per heavy atom. The molecule has 1 fully saturated rings. The summed E-state index contributed by atoms with van der Waals surface area (Å²) in [6.07, 6.45) is 3.57. The molecule has 1 aliphatic rings. The van der Waals surface area contributed by atoms with Crippen LogP contribution < -0.4 is 0 Å². The fourth-order valence-electron chi connectivity index (χ4n) is 3.18. The van der Waals surface area contributed by atoms with Gasteiger partial charge in [0.1, 0.15) is 6.10 Å². The van der Waals surface area contributed by atoms with Gasteiger partial charge in [-0.15, -0.1) is 0 Å². The van der Waals surface area contributed by atoms with Crippen LogP contribution in [-0.2, 0) is 26.0 Å². The van der Waals surface area contributed by atoms with Crippen molar-refractivity contribution in [2.24, 2.45) is 11.8 Å². The summed E-state index contributed by atoms with van der Waals surface area (Å²) in [4.78, 5) is 32.2. The lowest BCUT2D eigenvalue weighted by molar-refractivity contribution is -0.453. The van der Waals surface area contributed by atoms with Crippen molar-refractivity contribution in [3.63, 3.8) is 0 Å². The highest BCUT2D eigenvalue weighted by Crippen LogP contribution is 2.30. The van der Waals surface area contributed by atoms with Crippen molar-refractivity contribution in [1.82, 2.24) is 0 Å². The van der Waals surface area contributed by atoms with Crippen LogP contribution in [0.15, 0.2) is 24.3 Å². The molecule has 0 amide bonds. The number of carbonyl (C=O) groups is 2. The number of hydrogen-bond acceptors (Lipinski definition) is 6. The second-order valence-corrected chi connectivity index (χ2v) is 6.77. The maximum atomic E-state index is 11.8. The second-order valence-electron chi connectivity index (χ2n) is 6.77. The third-order valence-corrected chi connectivity index (χ3v) is 4.54. The fraction of sp³-hybridized carbons (Fsp3) is 0.579. The Hall–Kier alpha value is -2.08. The predicted molar refractivity (Wildman–Crippen MR) is 90.5 cm³/mol. The molecule has 138 valence electrons. The average molecular weight is 350 g/mol. The zero-order chi connectivity index (χ0) is 18.2. The summed E-state index contributed by atoms with van der Waals surface area (Å²) in [7, 11) is 0. The molecule has 3 unspecified atom stereocenters. The lowest BCUT2D eigenvalue weighted by Gasteiger charge is -2.31. The van der Waals surface area contributed by atoms with Crippen LogP contribution in [0, 0.1) is 11.8 Å². The lowest BCUT2D eigenvalue weighted by atomic mass is 9.81. The third kappa shape index (κ3) is 6.05. The summed E-state index contributed by atoms with van der Waals surface area (Å²) < 4.78 is 5.20. The van der Waals surface area contributed by atoms with Crippen LogP contribution in [0.4, 0.5) is 4.79 Å². The molecule has 0 saturated heterocycles. The summed E-state index contributed by atoms with van der Waals surface area (Å²) >= 11 is 0. The molecule has 6 heteroatoms. The van der Waals surface area contributed by atoms with Gasteiger partial charge in [0.05, 0.1) is 10.6 Å². The summed E-state index contributed by atoms with van der Waals surface area (Å²) in [5, 5.41) is 4.26. The van der Waals surface area contributed by atoms with Gasteiger partial charge in [0, 0.05) is 0 Å². The summed E-state index contributed by atoms with van der Waals surface area (Å²) in [5.41, 5.74) is 1.45. The van der Waals surface area contributed by atoms with E-state index in [0.29, 0.717) is 11.5 Å². The van der Waals surface area contributed by atoms with E-state index >= 15 is 0 Å². The number of ether oxygens (including phenoxy) is 1. The molecule has 25 heavy (non-hydrogen) atoms. The van der Waals surface area contributed by atoms with Gasteiger partial charge in [-0.25, -0.2) is 14.5 Å². The van der Waals surface area contributed by atoms with Gasteiger partial charge in [-0.05, 0) is 55.2 Å². The zero-order valence-electron chi connectivity index (χ0n) is 15.0. The van der Waals surface area contributed by atoms with Crippen LogP contribution in [0.5, 0.6) is 0 Å². The fourth-order valence-corrected chi connectivity index (χ4v) is 3.18. The number of benzene rings is 1.